The normalized spacial score (nSPS) is 10.8. The van der Waals surface area contributed by atoms with Gasteiger partial charge in [-0.2, -0.15) is 0 Å². The van der Waals surface area contributed by atoms with E-state index in [4.69, 9.17) is 0 Å². The van der Waals surface area contributed by atoms with E-state index in [1.807, 2.05) is 0 Å². The maximum Gasteiger partial charge on any atom is 0.0175 e. The average Bonchev–Trinajstić information content (AvgIpc) is 2.62. The Labute approximate surface area is 144 Å². The first-order chi connectivity index (χ1) is 11.3. The van der Waals surface area contributed by atoms with Crippen molar-refractivity contribution in [2.75, 3.05) is 0 Å². The molecule has 1 heteroatoms. The van der Waals surface area contributed by atoms with E-state index >= 15 is 0 Å². The number of halogens is 1. The summed E-state index contributed by atoms with van der Waals surface area (Å²) in [4.78, 5) is 0. The summed E-state index contributed by atoms with van der Waals surface area (Å²) in [6.45, 7) is 0. The van der Waals surface area contributed by atoms with Gasteiger partial charge in [0.05, 0.1) is 0 Å². The highest BCUT2D eigenvalue weighted by molar-refractivity contribution is 9.10. The maximum absolute atomic E-state index is 3.52. The number of fused-ring (bicyclic) bond motifs is 1. The topological polar surface area (TPSA) is 0 Å². The summed E-state index contributed by atoms with van der Waals surface area (Å²) in [6, 6.07) is 32.2. The van der Waals surface area contributed by atoms with E-state index in [0.717, 1.165) is 4.47 Å². The van der Waals surface area contributed by atoms with Crippen LogP contribution in [0.5, 0.6) is 0 Å². The maximum atomic E-state index is 3.52. The van der Waals surface area contributed by atoms with Gasteiger partial charge in [-0.1, -0.05) is 82.7 Å². The Kier molecular flexibility index (Phi) is 3.72. The minimum absolute atomic E-state index is 1.10. The van der Waals surface area contributed by atoms with Crippen LogP contribution >= 0.6 is 15.9 Å². The molecule has 0 atom stereocenters. The van der Waals surface area contributed by atoms with Gasteiger partial charge in [0.25, 0.3) is 0 Å². The van der Waals surface area contributed by atoms with Gasteiger partial charge in [-0.25, -0.2) is 0 Å². The minimum atomic E-state index is 1.10. The molecule has 0 radical (unpaired) electrons. The van der Waals surface area contributed by atoms with Gasteiger partial charge < -0.3 is 0 Å². The summed E-state index contributed by atoms with van der Waals surface area (Å²) in [5.41, 5.74) is 5.01. The smallest absolute Gasteiger partial charge is 0.0175 e. The van der Waals surface area contributed by atoms with E-state index in [2.05, 4.69) is 107 Å². The molecule has 0 N–H and O–H groups in total. The Morgan fingerprint density at radius 1 is 0.522 bits per heavy atom. The molecule has 0 amide bonds. The Bertz CT molecular complexity index is 954. The lowest BCUT2D eigenvalue weighted by atomic mass is 9.93. The molecule has 4 rings (SSSR count). The van der Waals surface area contributed by atoms with E-state index in [9.17, 15) is 0 Å². The van der Waals surface area contributed by atoms with Crippen molar-refractivity contribution in [1.29, 1.82) is 0 Å². The molecule has 0 saturated carbocycles. The monoisotopic (exact) mass is 358 g/mol. The van der Waals surface area contributed by atoms with Gasteiger partial charge in [-0.15, -0.1) is 0 Å². The SMILES string of the molecule is Brc1ccc(-c2cc(-c3ccccc3)cc3ccccc23)cc1. The first-order valence-corrected chi connectivity index (χ1v) is 8.45. The average molecular weight is 359 g/mol. The first-order valence-electron chi connectivity index (χ1n) is 7.65. The fourth-order valence-electron chi connectivity index (χ4n) is 2.98. The second-order valence-corrected chi connectivity index (χ2v) is 6.53. The largest absolute Gasteiger partial charge is 0.0622 e. The highest BCUT2D eigenvalue weighted by Crippen LogP contribution is 2.34. The summed E-state index contributed by atoms with van der Waals surface area (Å²) in [5.74, 6) is 0. The Morgan fingerprint density at radius 2 is 1.22 bits per heavy atom. The van der Waals surface area contributed by atoms with Gasteiger partial charge in [0, 0.05) is 4.47 Å². The molecule has 0 nitrogen and oxygen atoms in total. The van der Waals surface area contributed by atoms with Gasteiger partial charge in [-0.05, 0) is 57.3 Å². The van der Waals surface area contributed by atoms with Gasteiger partial charge in [0.15, 0.2) is 0 Å². The van der Waals surface area contributed by atoms with Gasteiger partial charge in [0.1, 0.15) is 0 Å². The predicted molar refractivity (Wildman–Crippen MR) is 103 cm³/mol. The summed E-state index contributed by atoms with van der Waals surface area (Å²) < 4.78 is 1.10. The van der Waals surface area contributed by atoms with Crippen molar-refractivity contribution in [3.63, 3.8) is 0 Å². The third kappa shape index (κ3) is 2.80. The standard InChI is InChI=1S/C22H15Br/c23-20-12-10-17(11-13-20)22-15-19(16-6-2-1-3-7-16)14-18-8-4-5-9-21(18)22/h1-15H. The van der Waals surface area contributed by atoms with Crippen molar-refractivity contribution in [3.8, 4) is 22.3 Å². The molecule has 4 aromatic carbocycles. The van der Waals surface area contributed by atoms with Crippen molar-refractivity contribution in [3.05, 3.63) is 95.5 Å². The number of rotatable bonds is 2. The van der Waals surface area contributed by atoms with Crippen LogP contribution in [0.25, 0.3) is 33.0 Å². The molecular formula is C22H15Br. The highest BCUT2D eigenvalue weighted by atomic mass is 79.9. The summed E-state index contributed by atoms with van der Waals surface area (Å²) in [6.07, 6.45) is 0. The number of benzene rings is 4. The predicted octanol–water partition coefficient (Wildman–Crippen LogP) is 6.94. The molecule has 0 saturated heterocycles. The van der Waals surface area contributed by atoms with Crippen LogP contribution < -0.4 is 0 Å². The highest BCUT2D eigenvalue weighted by Gasteiger charge is 2.07. The van der Waals surface area contributed by atoms with Crippen LogP contribution in [-0.4, -0.2) is 0 Å². The van der Waals surface area contributed by atoms with Crippen LogP contribution in [0.1, 0.15) is 0 Å². The van der Waals surface area contributed by atoms with Crippen molar-refractivity contribution < 1.29 is 0 Å². The second-order valence-electron chi connectivity index (χ2n) is 5.62. The number of hydrogen-bond acceptors (Lipinski definition) is 0. The molecule has 0 heterocycles. The lowest BCUT2D eigenvalue weighted by Gasteiger charge is -2.11. The van der Waals surface area contributed by atoms with Crippen LogP contribution in [-0.2, 0) is 0 Å². The molecule has 0 aliphatic carbocycles. The zero-order chi connectivity index (χ0) is 15.6. The Hall–Kier alpha value is -2.38. The Morgan fingerprint density at radius 3 is 2.00 bits per heavy atom. The molecule has 23 heavy (non-hydrogen) atoms. The van der Waals surface area contributed by atoms with E-state index in [0.29, 0.717) is 0 Å². The van der Waals surface area contributed by atoms with Crippen LogP contribution in [0.2, 0.25) is 0 Å². The summed E-state index contributed by atoms with van der Waals surface area (Å²) in [7, 11) is 0. The van der Waals surface area contributed by atoms with Gasteiger partial charge in [-0.3, -0.25) is 0 Å². The zero-order valence-corrected chi connectivity index (χ0v) is 14.1. The minimum Gasteiger partial charge on any atom is -0.0622 e. The van der Waals surface area contributed by atoms with Crippen molar-refractivity contribution >= 4 is 26.7 Å². The molecule has 0 fully saturated rings. The van der Waals surface area contributed by atoms with Crippen LogP contribution in [0.4, 0.5) is 0 Å². The zero-order valence-electron chi connectivity index (χ0n) is 12.5. The van der Waals surface area contributed by atoms with E-state index in [1.165, 1.54) is 33.0 Å². The molecule has 0 aliphatic heterocycles. The van der Waals surface area contributed by atoms with Crippen molar-refractivity contribution in [2.45, 2.75) is 0 Å². The summed E-state index contributed by atoms with van der Waals surface area (Å²) in [5, 5.41) is 2.56. The van der Waals surface area contributed by atoms with Gasteiger partial charge in [0.2, 0.25) is 0 Å². The van der Waals surface area contributed by atoms with Crippen LogP contribution in [0, 0.1) is 0 Å². The summed E-state index contributed by atoms with van der Waals surface area (Å²) >= 11 is 3.52. The second kappa shape index (κ2) is 6.02. The molecule has 110 valence electrons. The fraction of sp³-hybridized carbons (Fsp3) is 0. The van der Waals surface area contributed by atoms with E-state index in [1.54, 1.807) is 0 Å². The van der Waals surface area contributed by atoms with E-state index in [-0.39, 0.29) is 0 Å². The molecular weight excluding hydrogens is 344 g/mol. The molecule has 0 bridgehead atoms. The number of hydrogen-bond donors (Lipinski definition) is 0. The van der Waals surface area contributed by atoms with E-state index < -0.39 is 0 Å². The first kappa shape index (κ1) is 14.2. The lowest BCUT2D eigenvalue weighted by Crippen LogP contribution is -1.85. The van der Waals surface area contributed by atoms with Gasteiger partial charge >= 0.3 is 0 Å². The van der Waals surface area contributed by atoms with Crippen molar-refractivity contribution in [1.82, 2.24) is 0 Å². The van der Waals surface area contributed by atoms with Crippen molar-refractivity contribution in [2.24, 2.45) is 0 Å². The third-order valence-corrected chi connectivity index (χ3v) is 4.65. The fourth-order valence-corrected chi connectivity index (χ4v) is 3.24. The van der Waals surface area contributed by atoms with Crippen LogP contribution in [0.3, 0.4) is 0 Å². The Balaban J connectivity index is 2.00. The molecule has 0 spiro atoms. The quantitative estimate of drug-likeness (QED) is 0.364. The molecule has 0 aliphatic rings. The van der Waals surface area contributed by atoms with Crippen LogP contribution in [0.15, 0.2) is 95.5 Å². The molecule has 0 aromatic heterocycles. The lowest BCUT2D eigenvalue weighted by molar-refractivity contribution is 1.60. The molecule has 0 unspecified atom stereocenters. The third-order valence-electron chi connectivity index (χ3n) is 4.12. The molecule has 4 aromatic rings.